The summed E-state index contributed by atoms with van der Waals surface area (Å²) in [7, 11) is 2.04. The third-order valence-corrected chi connectivity index (χ3v) is 4.37. The van der Waals surface area contributed by atoms with E-state index in [-0.39, 0.29) is 11.8 Å². The van der Waals surface area contributed by atoms with E-state index in [1.54, 1.807) is 0 Å². The SMILES string of the molecule is CCc1ccc(C(=O)C2CSCCN2C)cc1. The first-order chi connectivity index (χ1) is 8.22. The van der Waals surface area contributed by atoms with Crippen molar-refractivity contribution in [3.8, 4) is 0 Å². The predicted octanol–water partition coefficient (Wildman–Crippen LogP) is 2.48. The topological polar surface area (TPSA) is 20.3 Å². The van der Waals surface area contributed by atoms with E-state index in [2.05, 4.69) is 24.0 Å². The van der Waals surface area contributed by atoms with Gasteiger partial charge in [-0.25, -0.2) is 0 Å². The summed E-state index contributed by atoms with van der Waals surface area (Å²) >= 11 is 1.87. The van der Waals surface area contributed by atoms with Gasteiger partial charge in [0.2, 0.25) is 0 Å². The number of rotatable bonds is 3. The Labute approximate surface area is 107 Å². The molecule has 2 nitrogen and oxygen atoms in total. The van der Waals surface area contributed by atoms with Crippen LogP contribution in [0.3, 0.4) is 0 Å². The third kappa shape index (κ3) is 2.90. The van der Waals surface area contributed by atoms with E-state index in [0.717, 1.165) is 30.0 Å². The van der Waals surface area contributed by atoms with Gasteiger partial charge in [-0.1, -0.05) is 31.2 Å². The van der Waals surface area contributed by atoms with Crippen molar-refractivity contribution in [1.29, 1.82) is 0 Å². The van der Waals surface area contributed by atoms with Crippen LogP contribution >= 0.6 is 11.8 Å². The maximum atomic E-state index is 12.4. The lowest BCUT2D eigenvalue weighted by molar-refractivity contribution is 0.0874. The zero-order valence-corrected chi connectivity index (χ0v) is 11.3. The van der Waals surface area contributed by atoms with Crippen LogP contribution in [0.1, 0.15) is 22.8 Å². The first-order valence-corrected chi connectivity index (χ1v) is 7.29. The molecule has 0 amide bonds. The first kappa shape index (κ1) is 12.7. The van der Waals surface area contributed by atoms with Crippen LogP contribution in [0.5, 0.6) is 0 Å². The van der Waals surface area contributed by atoms with Crippen molar-refractivity contribution < 1.29 is 4.79 Å². The molecule has 1 aliphatic rings. The van der Waals surface area contributed by atoms with Gasteiger partial charge in [0.15, 0.2) is 5.78 Å². The summed E-state index contributed by atoms with van der Waals surface area (Å²) in [5, 5.41) is 0. The van der Waals surface area contributed by atoms with Crippen LogP contribution < -0.4 is 0 Å². The minimum atomic E-state index is 0.0567. The molecule has 0 bridgehead atoms. The fourth-order valence-corrected chi connectivity index (χ4v) is 3.27. The number of carbonyl (C=O) groups excluding carboxylic acids is 1. The molecule has 1 fully saturated rings. The van der Waals surface area contributed by atoms with Gasteiger partial charge >= 0.3 is 0 Å². The number of benzene rings is 1. The molecule has 0 saturated carbocycles. The number of nitrogens with zero attached hydrogens (tertiary/aromatic N) is 1. The van der Waals surface area contributed by atoms with Crippen molar-refractivity contribution in [2.24, 2.45) is 0 Å². The monoisotopic (exact) mass is 249 g/mol. The minimum Gasteiger partial charge on any atom is -0.295 e. The predicted molar refractivity (Wildman–Crippen MR) is 73.9 cm³/mol. The lowest BCUT2D eigenvalue weighted by atomic mass is 10.0. The summed E-state index contributed by atoms with van der Waals surface area (Å²) in [6.07, 6.45) is 1.02. The van der Waals surface area contributed by atoms with E-state index in [1.807, 2.05) is 30.9 Å². The Hall–Kier alpha value is -0.800. The number of likely N-dealkylation sites (N-methyl/N-ethyl adjacent to an activating group) is 1. The lowest BCUT2D eigenvalue weighted by Gasteiger charge is -2.30. The van der Waals surface area contributed by atoms with Crippen LogP contribution in [-0.2, 0) is 6.42 Å². The molecule has 92 valence electrons. The fraction of sp³-hybridized carbons (Fsp3) is 0.500. The highest BCUT2D eigenvalue weighted by molar-refractivity contribution is 7.99. The van der Waals surface area contributed by atoms with Gasteiger partial charge in [0, 0.05) is 23.6 Å². The molecular weight excluding hydrogens is 230 g/mol. The molecule has 1 heterocycles. The number of ketones is 1. The average molecular weight is 249 g/mol. The summed E-state index contributed by atoms with van der Waals surface area (Å²) < 4.78 is 0. The van der Waals surface area contributed by atoms with E-state index in [1.165, 1.54) is 5.56 Å². The third-order valence-electron chi connectivity index (χ3n) is 3.35. The number of carbonyl (C=O) groups is 1. The number of aryl methyl sites for hydroxylation is 1. The van der Waals surface area contributed by atoms with Crippen molar-refractivity contribution in [1.82, 2.24) is 4.90 Å². The van der Waals surface area contributed by atoms with E-state index < -0.39 is 0 Å². The standard InChI is InChI=1S/C14H19NOS/c1-3-11-4-6-12(7-5-11)14(16)13-10-17-9-8-15(13)2/h4-7,13H,3,8-10H2,1-2H3. The van der Waals surface area contributed by atoms with E-state index in [0.29, 0.717) is 0 Å². The molecule has 2 rings (SSSR count). The molecule has 0 spiro atoms. The molecule has 0 radical (unpaired) electrons. The molecule has 17 heavy (non-hydrogen) atoms. The smallest absolute Gasteiger partial charge is 0.180 e. The Morgan fingerprint density at radius 2 is 2.12 bits per heavy atom. The lowest BCUT2D eigenvalue weighted by Crippen LogP contribution is -2.44. The van der Waals surface area contributed by atoms with Crippen molar-refractivity contribution >= 4 is 17.5 Å². The molecule has 1 aromatic rings. The summed E-state index contributed by atoms with van der Waals surface area (Å²) in [6, 6.07) is 8.11. The van der Waals surface area contributed by atoms with Gasteiger partial charge in [0.25, 0.3) is 0 Å². The van der Waals surface area contributed by atoms with Gasteiger partial charge in [-0.3, -0.25) is 9.69 Å². The van der Waals surface area contributed by atoms with Gasteiger partial charge in [0.1, 0.15) is 0 Å². The van der Waals surface area contributed by atoms with Gasteiger partial charge in [-0.05, 0) is 19.0 Å². The zero-order valence-electron chi connectivity index (χ0n) is 10.5. The maximum Gasteiger partial charge on any atom is 0.180 e. The second-order valence-electron chi connectivity index (χ2n) is 4.49. The summed E-state index contributed by atoms with van der Waals surface area (Å²) in [4.78, 5) is 14.5. The van der Waals surface area contributed by atoms with Crippen LogP contribution in [0, 0.1) is 0 Å². The molecule has 1 unspecified atom stereocenters. The molecule has 0 aromatic heterocycles. The number of hydrogen-bond donors (Lipinski definition) is 0. The molecule has 3 heteroatoms. The summed E-state index contributed by atoms with van der Waals surface area (Å²) in [5.41, 5.74) is 2.13. The molecule has 0 N–H and O–H groups in total. The number of thioether (sulfide) groups is 1. The summed E-state index contributed by atoms with van der Waals surface area (Å²) in [5.74, 6) is 2.32. The maximum absolute atomic E-state index is 12.4. The molecule has 1 aliphatic heterocycles. The quantitative estimate of drug-likeness (QED) is 0.768. The largest absolute Gasteiger partial charge is 0.295 e. The van der Waals surface area contributed by atoms with Crippen molar-refractivity contribution in [3.05, 3.63) is 35.4 Å². The summed E-state index contributed by atoms with van der Waals surface area (Å²) in [6.45, 7) is 3.14. The Morgan fingerprint density at radius 3 is 2.71 bits per heavy atom. The highest BCUT2D eigenvalue weighted by Crippen LogP contribution is 2.19. The van der Waals surface area contributed by atoms with Crippen LogP contribution in [0.25, 0.3) is 0 Å². The first-order valence-electron chi connectivity index (χ1n) is 6.13. The Bertz CT molecular complexity index is 388. The molecule has 1 saturated heterocycles. The van der Waals surface area contributed by atoms with Crippen molar-refractivity contribution in [2.45, 2.75) is 19.4 Å². The minimum absolute atomic E-state index is 0.0567. The van der Waals surface area contributed by atoms with Crippen LogP contribution in [0.15, 0.2) is 24.3 Å². The molecular formula is C14H19NOS. The molecule has 1 atom stereocenters. The molecule has 0 aliphatic carbocycles. The van der Waals surface area contributed by atoms with Crippen LogP contribution in [0.4, 0.5) is 0 Å². The normalized spacial score (nSPS) is 21.4. The van der Waals surface area contributed by atoms with Crippen molar-refractivity contribution in [3.63, 3.8) is 0 Å². The van der Waals surface area contributed by atoms with Gasteiger partial charge in [-0.15, -0.1) is 0 Å². The van der Waals surface area contributed by atoms with Gasteiger partial charge < -0.3 is 0 Å². The van der Waals surface area contributed by atoms with E-state index >= 15 is 0 Å². The highest BCUT2D eigenvalue weighted by Gasteiger charge is 2.26. The van der Waals surface area contributed by atoms with Crippen molar-refractivity contribution in [2.75, 3.05) is 25.1 Å². The number of hydrogen-bond acceptors (Lipinski definition) is 3. The zero-order chi connectivity index (χ0) is 12.3. The van der Waals surface area contributed by atoms with Crippen LogP contribution in [0.2, 0.25) is 0 Å². The van der Waals surface area contributed by atoms with E-state index in [4.69, 9.17) is 0 Å². The Kier molecular flexibility index (Phi) is 4.24. The second kappa shape index (κ2) is 5.69. The highest BCUT2D eigenvalue weighted by atomic mass is 32.2. The Morgan fingerprint density at radius 1 is 1.41 bits per heavy atom. The van der Waals surface area contributed by atoms with Crippen LogP contribution in [-0.4, -0.2) is 41.8 Å². The fourth-order valence-electron chi connectivity index (χ4n) is 2.06. The van der Waals surface area contributed by atoms with Gasteiger partial charge in [0.05, 0.1) is 6.04 Å². The Balaban J connectivity index is 2.12. The number of Topliss-reactive ketones (excluding diaryl/α,β-unsaturated/α-hetero) is 1. The second-order valence-corrected chi connectivity index (χ2v) is 5.64. The molecule has 1 aromatic carbocycles. The average Bonchev–Trinajstić information content (AvgIpc) is 2.39. The van der Waals surface area contributed by atoms with Gasteiger partial charge in [-0.2, -0.15) is 11.8 Å². The van der Waals surface area contributed by atoms with E-state index in [9.17, 15) is 4.79 Å².